The molecule has 1 aliphatic rings. The Morgan fingerprint density at radius 3 is 3.11 bits per heavy atom. The highest BCUT2D eigenvalue weighted by atomic mass is 16.5. The van der Waals surface area contributed by atoms with E-state index in [0.717, 1.165) is 30.9 Å². The summed E-state index contributed by atoms with van der Waals surface area (Å²) in [6.45, 7) is 0.921. The zero-order valence-corrected chi connectivity index (χ0v) is 11.5. The first-order valence-corrected chi connectivity index (χ1v) is 6.61. The van der Waals surface area contributed by atoms with Gasteiger partial charge in [-0.2, -0.15) is 5.10 Å². The van der Waals surface area contributed by atoms with Crippen LogP contribution in [0, 0.1) is 0 Å². The summed E-state index contributed by atoms with van der Waals surface area (Å²) in [5.74, 6) is 0.851. The Labute approximate surface area is 108 Å². The van der Waals surface area contributed by atoms with Crippen molar-refractivity contribution in [2.45, 2.75) is 37.8 Å². The predicted molar refractivity (Wildman–Crippen MR) is 69.8 cm³/mol. The highest BCUT2D eigenvalue weighted by molar-refractivity contribution is 5.28. The van der Waals surface area contributed by atoms with Crippen LogP contribution in [0.5, 0.6) is 5.75 Å². The number of ether oxygens (including phenoxy) is 2. The molecule has 102 valence electrons. The van der Waals surface area contributed by atoms with Gasteiger partial charge in [0.05, 0.1) is 31.1 Å². The van der Waals surface area contributed by atoms with Crippen LogP contribution in [-0.2, 0) is 11.8 Å². The SMILES string of the molecule is CNC(CCC1CCCO1)c1c(OC)cnn1C. The number of aromatic nitrogens is 2. The van der Waals surface area contributed by atoms with Crippen LogP contribution in [0.2, 0.25) is 0 Å². The van der Waals surface area contributed by atoms with E-state index in [-0.39, 0.29) is 6.04 Å². The van der Waals surface area contributed by atoms with Gasteiger partial charge in [0.1, 0.15) is 0 Å². The molecule has 5 nitrogen and oxygen atoms in total. The Morgan fingerprint density at radius 1 is 1.67 bits per heavy atom. The second kappa shape index (κ2) is 6.20. The molecule has 2 unspecified atom stereocenters. The molecule has 0 bridgehead atoms. The van der Waals surface area contributed by atoms with Crippen molar-refractivity contribution in [2.24, 2.45) is 7.05 Å². The van der Waals surface area contributed by atoms with Gasteiger partial charge >= 0.3 is 0 Å². The third kappa shape index (κ3) is 2.84. The summed E-state index contributed by atoms with van der Waals surface area (Å²) in [6.07, 6.45) is 6.71. The number of nitrogens with one attached hydrogen (secondary N) is 1. The quantitative estimate of drug-likeness (QED) is 0.837. The molecule has 18 heavy (non-hydrogen) atoms. The van der Waals surface area contributed by atoms with Gasteiger partial charge in [0.25, 0.3) is 0 Å². The number of aryl methyl sites for hydroxylation is 1. The van der Waals surface area contributed by atoms with E-state index in [2.05, 4.69) is 10.4 Å². The largest absolute Gasteiger partial charge is 0.493 e. The highest BCUT2D eigenvalue weighted by Gasteiger charge is 2.22. The van der Waals surface area contributed by atoms with E-state index >= 15 is 0 Å². The van der Waals surface area contributed by atoms with E-state index in [0.29, 0.717) is 6.10 Å². The Kier molecular flexibility index (Phi) is 4.60. The second-order valence-corrected chi connectivity index (χ2v) is 4.78. The summed E-state index contributed by atoms with van der Waals surface area (Å²) >= 11 is 0. The minimum Gasteiger partial charge on any atom is -0.493 e. The summed E-state index contributed by atoms with van der Waals surface area (Å²) in [4.78, 5) is 0. The Morgan fingerprint density at radius 2 is 2.50 bits per heavy atom. The number of nitrogens with zero attached hydrogens (tertiary/aromatic N) is 2. The fourth-order valence-corrected chi connectivity index (χ4v) is 2.62. The molecular formula is C13H23N3O2. The van der Waals surface area contributed by atoms with Crippen LogP contribution in [0.3, 0.4) is 0 Å². The first-order chi connectivity index (χ1) is 8.76. The topological polar surface area (TPSA) is 48.3 Å². The standard InChI is InChI=1S/C13H23N3O2/c1-14-11(7-6-10-5-4-8-18-10)13-12(17-3)9-15-16(13)2/h9-11,14H,4-8H2,1-3H3. The third-order valence-corrected chi connectivity index (χ3v) is 3.65. The number of methoxy groups -OCH3 is 1. The smallest absolute Gasteiger partial charge is 0.161 e. The molecule has 0 amide bonds. The van der Waals surface area contributed by atoms with Crippen molar-refractivity contribution in [2.75, 3.05) is 20.8 Å². The zero-order valence-electron chi connectivity index (χ0n) is 11.5. The van der Waals surface area contributed by atoms with E-state index in [4.69, 9.17) is 9.47 Å². The number of hydrogen-bond donors (Lipinski definition) is 1. The van der Waals surface area contributed by atoms with Gasteiger partial charge in [0.2, 0.25) is 0 Å². The third-order valence-electron chi connectivity index (χ3n) is 3.65. The summed E-state index contributed by atoms with van der Waals surface area (Å²) < 4.78 is 12.9. The van der Waals surface area contributed by atoms with Crippen LogP contribution in [0.25, 0.3) is 0 Å². The van der Waals surface area contributed by atoms with E-state index in [9.17, 15) is 0 Å². The van der Waals surface area contributed by atoms with Crippen LogP contribution in [0.4, 0.5) is 0 Å². The lowest BCUT2D eigenvalue weighted by molar-refractivity contribution is 0.0995. The first kappa shape index (κ1) is 13.4. The summed E-state index contributed by atoms with van der Waals surface area (Å²) in [7, 11) is 5.62. The maximum absolute atomic E-state index is 5.67. The van der Waals surface area contributed by atoms with Crippen molar-refractivity contribution in [3.8, 4) is 5.75 Å². The monoisotopic (exact) mass is 253 g/mol. The van der Waals surface area contributed by atoms with Crippen LogP contribution in [-0.4, -0.2) is 36.6 Å². The molecule has 2 atom stereocenters. The molecule has 1 N–H and O–H groups in total. The van der Waals surface area contributed by atoms with E-state index in [1.807, 2.05) is 18.8 Å². The lowest BCUT2D eigenvalue weighted by atomic mass is 10.0. The van der Waals surface area contributed by atoms with Gasteiger partial charge < -0.3 is 14.8 Å². The molecule has 1 aromatic rings. The van der Waals surface area contributed by atoms with Gasteiger partial charge in [-0.3, -0.25) is 4.68 Å². The lowest BCUT2D eigenvalue weighted by Crippen LogP contribution is -2.21. The maximum Gasteiger partial charge on any atom is 0.161 e. The second-order valence-electron chi connectivity index (χ2n) is 4.78. The fourth-order valence-electron chi connectivity index (χ4n) is 2.62. The molecule has 1 fully saturated rings. The van der Waals surface area contributed by atoms with Crippen LogP contribution in [0.15, 0.2) is 6.20 Å². The van der Waals surface area contributed by atoms with Crippen LogP contribution < -0.4 is 10.1 Å². The van der Waals surface area contributed by atoms with Gasteiger partial charge in [0.15, 0.2) is 5.75 Å². The van der Waals surface area contributed by atoms with Crippen LogP contribution >= 0.6 is 0 Å². The highest BCUT2D eigenvalue weighted by Crippen LogP contribution is 2.29. The fraction of sp³-hybridized carbons (Fsp3) is 0.769. The van der Waals surface area contributed by atoms with Crippen molar-refractivity contribution in [3.63, 3.8) is 0 Å². The number of rotatable bonds is 6. The van der Waals surface area contributed by atoms with Crippen molar-refractivity contribution in [1.29, 1.82) is 0 Å². The minimum atomic E-state index is 0.261. The zero-order chi connectivity index (χ0) is 13.0. The molecule has 0 aliphatic carbocycles. The minimum absolute atomic E-state index is 0.261. The van der Waals surface area contributed by atoms with E-state index in [1.165, 1.54) is 12.8 Å². The Hall–Kier alpha value is -1.07. The maximum atomic E-state index is 5.67. The molecule has 1 aliphatic heterocycles. The van der Waals surface area contributed by atoms with Gasteiger partial charge in [-0.15, -0.1) is 0 Å². The molecule has 2 heterocycles. The predicted octanol–water partition coefficient (Wildman–Crippen LogP) is 1.65. The van der Waals surface area contributed by atoms with Crippen molar-refractivity contribution < 1.29 is 9.47 Å². The van der Waals surface area contributed by atoms with Gasteiger partial charge in [-0.25, -0.2) is 0 Å². The molecule has 2 rings (SSSR count). The summed E-state index contributed by atoms with van der Waals surface area (Å²) in [5, 5.41) is 7.60. The molecular weight excluding hydrogens is 230 g/mol. The van der Waals surface area contributed by atoms with Gasteiger partial charge in [-0.05, 0) is 32.7 Å². The molecule has 0 aromatic carbocycles. The van der Waals surface area contributed by atoms with Gasteiger partial charge in [-0.1, -0.05) is 0 Å². The summed E-state index contributed by atoms with van der Waals surface area (Å²) in [6, 6.07) is 0.261. The van der Waals surface area contributed by atoms with E-state index in [1.54, 1.807) is 13.3 Å². The first-order valence-electron chi connectivity index (χ1n) is 6.61. The molecule has 1 saturated heterocycles. The Bertz CT molecular complexity index is 372. The lowest BCUT2D eigenvalue weighted by Gasteiger charge is -2.19. The molecule has 5 heteroatoms. The van der Waals surface area contributed by atoms with Crippen molar-refractivity contribution in [1.82, 2.24) is 15.1 Å². The van der Waals surface area contributed by atoms with Crippen LogP contribution in [0.1, 0.15) is 37.4 Å². The normalized spacial score (nSPS) is 21.2. The summed E-state index contributed by atoms with van der Waals surface area (Å²) in [5.41, 5.74) is 1.11. The molecule has 1 aromatic heterocycles. The average molecular weight is 253 g/mol. The number of hydrogen-bond acceptors (Lipinski definition) is 4. The molecule has 0 saturated carbocycles. The molecule has 0 radical (unpaired) electrons. The van der Waals surface area contributed by atoms with Crippen molar-refractivity contribution in [3.05, 3.63) is 11.9 Å². The Balaban J connectivity index is 2.00. The van der Waals surface area contributed by atoms with Gasteiger partial charge in [0, 0.05) is 13.7 Å². The van der Waals surface area contributed by atoms with E-state index < -0.39 is 0 Å². The molecule has 0 spiro atoms. The average Bonchev–Trinajstić information content (AvgIpc) is 3.01. The van der Waals surface area contributed by atoms with Crippen molar-refractivity contribution >= 4 is 0 Å².